The van der Waals surface area contributed by atoms with E-state index in [1.165, 1.54) is 4.88 Å². The molecule has 0 saturated heterocycles. The van der Waals surface area contributed by atoms with Crippen molar-refractivity contribution in [2.24, 2.45) is 5.73 Å². The predicted molar refractivity (Wildman–Crippen MR) is 59.3 cm³/mol. The summed E-state index contributed by atoms with van der Waals surface area (Å²) >= 11 is 1.68. The fourth-order valence-electron chi connectivity index (χ4n) is 1.35. The molecule has 0 aliphatic carbocycles. The highest BCUT2D eigenvalue weighted by Crippen LogP contribution is 2.28. The third-order valence-electron chi connectivity index (χ3n) is 2.11. The first-order valence-electron chi connectivity index (χ1n) is 4.37. The highest BCUT2D eigenvalue weighted by molar-refractivity contribution is 7.13. The van der Waals surface area contributed by atoms with Gasteiger partial charge >= 0.3 is 0 Å². The van der Waals surface area contributed by atoms with Crippen LogP contribution in [0.3, 0.4) is 0 Å². The Kier molecular flexibility index (Phi) is 2.52. The molecule has 0 bridgehead atoms. The van der Waals surface area contributed by atoms with E-state index in [4.69, 9.17) is 5.73 Å². The molecule has 0 aliphatic heterocycles. The van der Waals surface area contributed by atoms with Crippen LogP contribution in [0.25, 0.3) is 10.4 Å². The fraction of sp³-hybridized carbons (Fsp3) is 0.0909. The molecule has 0 spiro atoms. The van der Waals surface area contributed by atoms with Gasteiger partial charge in [-0.1, -0.05) is 6.07 Å². The first kappa shape index (κ1) is 9.24. The molecule has 72 valence electrons. The fourth-order valence-corrected chi connectivity index (χ4v) is 2.07. The van der Waals surface area contributed by atoms with Gasteiger partial charge in [-0.2, -0.15) is 0 Å². The van der Waals surface area contributed by atoms with E-state index in [1.807, 2.05) is 23.6 Å². The molecular formula is C11H11NOS. The number of hydrogen-bond donors (Lipinski definition) is 2. The largest absolute Gasteiger partial charge is 0.508 e. The number of nitrogens with two attached hydrogens (primary N) is 1. The monoisotopic (exact) mass is 205 g/mol. The third-order valence-corrected chi connectivity index (χ3v) is 3.02. The molecule has 2 nitrogen and oxygen atoms in total. The molecule has 14 heavy (non-hydrogen) atoms. The van der Waals surface area contributed by atoms with E-state index >= 15 is 0 Å². The van der Waals surface area contributed by atoms with Gasteiger partial charge in [-0.15, -0.1) is 11.3 Å². The van der Waals surface area contributed by atoms with E-state index in [2.05, 4.69) is 6.07 Å². The quantitative estimate of drug-likeness (QED) is 0.791. The van der Waals surface area contributed by atoms with Crippen molar-refractivity contribution >= 4 is 11.3 Å². The SMILES string of the molecule is NCc1cc(-c2cccs2)ccc1O. The standard InChI is InChI=1S/C11H11NOS/c12-7-9-6-8(3-4-10(9)13)11-2-1-5-14-11/h1-6,13H,7,12H2. The summed E-state index contributed by atoms with van der Waals surface area (Å²) in [4.78, 5) is 1.19. The van der Waals surface area contributed by atoms with Crippen molar-refractivity contribution in [3.63, 3.8) is 0 Å². The van der Waals surface area contributed by atoms with Crippen LogP contribution in [-0.4, -0.2) is 5.11 Å². The van der Waals surface area contributed by atoms with Crippen molar-refractivity contribution in [1.29, 1.82) is 0 Å². The van der Waals surface area contributed by atoms with Gasteiger partial charge in [-0.25, -0.2) is 0 Å². The molecule has 0 amide bonds. The summed E-state index contributed by atoms with van der Waals surface area (Å²) in [6.45, 7) is 0.366. The first-order chi connectivity index (χ1) is 6.81. The van der Waals surface area contributed by atoms with Gasteiger partial charge in [-0.3, -0.25) is 0 Å². The molecule has 0 fully saturated rings. The van der Waals surface area contributed by atoms with Crippen molar-refractivity contribution in [2.45, 2.75) is 6.54 Å². The van der Waals surface area contributed by atoms with Gasteiger partial charge in [0.15, 0.2) is 0 Å². The lowest BCUT2D eigenvalue weighted by molar-refractivity contribution is 0.468. The summed E-state index contributed by atoms with van der Waals surface area (Å²) in [5.41, 5.74) is 7.41. The minimum atomic E-state index is 0.271. The van der Waals surface area contributed by atoms with Gasteiger partial charge in [0, 0.05) is 17.0 Å². The van der Waals surface area contributed by atoms with Crippen LogP contribution < -0.4 is 5.73 Å². The van der Waals surface area contributed by atoms with E-state index in [1.54, 1.807) is 17.4 Å². The molecule has 1 aromatic heterocycles. The van der Waals surface area contributed by atoms with Crippen LogP contribution in [0.15, 0.2) is 35.7 Å². The molecule has 3 N–H and O–H groups in total. The van der Waals surface area contributed by atoms with E-state index in [9.17, 15) is 5.11 Å². The number of thiophene rings is 1. The Hall–Kier alpha value is -1.32. The molecular weight excluding hydrogens is 194 g/mol. The Bertz CT molecular complexity index is 423. The molecule has 2 aromatic rings. The number of phenols is 1. The summed E-state index contributed by atoms with van der Waals surface area (Å²) < 4.78 is 0. The third kappa shape index (κ3) is 1.64. The first-order valence-corrected chi connectivity index (χ1v) is 5.25. The number of rotatable bonds is 2. The van der Waals surface area contributed by atoms with Gasteiger partial charge in [-0.05, 0) is 35.2 Å². The lowest BCUT2D eigenvalue weighted by Crippen LogP contribution is -1.96. The Balaban J connectivity index is 2.46. The number of hydrogen-bond acceptors (Lipinski definition) is 3. The van der Waals surface area contributed by atoms with Gasteiger partial charge in [0.05, 0.1) is 0 Å². The highest BCUT2D eigenvalue weighted by Gasteiger charge is 2.03. The molecule has 3 heteroatoms. The van der Waals surface area contributed by atoms with Gasteiger partial charge in [0.25, 0.3) is 0 Å². The number of benzene rings is 1. The van der Waals surface area contributed by atoms with Gasteiger partial charge in [0.2, 0.25) is 0 Å². The summed E-state index contributed by atoms with van der Waals surface area (Å²) in [5.74, 6) is 0.271. The van der Waals surface area contributed by atoms with Crippen molar-refractivity contribution in [1.82, 2.24) is 0 Å². The van der Waals surface area contributed by atoms with Crippen LogP contribution in [0.5, 0.6) is 5.75 Å². The smallest absolute Gasteiger partial charge is 0.120 e. The lowest BCUT2D eigenvalue weighted by Gasteiger charge is -2.03. The van der Waals surface area contributed by atoms with Crippen LogP contribution in [0.2, 0.25) is 0 Å². The van der Waals surface area contributed by atoms with Crippen molar-refractivity contribution < 1.29 is 5.11 Å². The molecule has 0 aliphatic rings. The maximum absolute atomic E-state index is 9.46. The Morgan fingerprint density at radius 2 is 2.14 bits per heavy atom. The Morgan fingerprint density at radius 1 is 1.29 bits per heavy atom. The van der Waals surface area contributed by atoms with Crippen molar-refractivity contribution in [2.75, 3.05) is 0 Å². The molecule has 2 rings (SSSR count). The summed E-state index contributed by atoms with van der Waals surface area (Å²) in [6, 6.07) is 9.59. The topological polar surface area (TPSA) is 46.2 Å². The zero-order chi connectivity index (χ0) is 9.97. The molecule has 0 unspecified atom stereocenters. The Morgan fingerprint density at radius 3 is 2.79 bits per heavy atom. The number of phenolic OH excluding ortho intramolecular Hbond substituents is 1. The maximum Gasteiger partial charge on any atom is 0.120 e. The van der Waals surface area contributed by atoms with E-state index in [0.29, 0.717) is 6.54 Å². The van der Waals surface area contributed by atoms with Gasteiger partial charge in [0.1, 0.15) is 5.75 Å². The van der Waals surface area contributed by atoms with E-state index in [0.717, 1.165) is 11.1 Å². The zero-order valence-electron chi connectivity index (χ0n) is 7.60. The van der Waals surface area contributed by atoms with Crippen molar-refractivity contribution in [3.05, 3.63) is 41.3 Å². The van der Waals surface area contributed by atoms with Crippen LogP contribution in [0.4, 0.5) is 0 Å². The molecule has 0 saturated carbocycles. The molecule has 0 radical (unpaired) electrons. The minimum absolute atomic E-state index is 0.271. The normalized spacial score (nSPS) is 10.4. The zero-order valence-corrected chi connectivity index (χ0v) is 8.42. The molecule has 1 heterocycles. The van der Waals surface area contributed by atoms with Crippen LogP contribution in [0, 0.1) is 0 Å². The highest BCUT2D eigenvalue weighted by atomic mass is 32.1. The van der Waals surface area contributed by atoms with E-state index in [-0.39, 0.29) is 5.75 Å². The molecule has 0 atom stereocenters. The summed E-state index contributed by atoms with van der Waals surface area (Å²) in [5, 5.41) is 11.5. The van der Waals surface area contributed by atoms with E-state index < -0.39 is 0 Å². The minimum Gasteiger partial charge on any atom is -0.508 e. The van der Waals surface area contributed by atoms with Gasteiger partial charge < -0.3 is 10.8 Å². The van der Waals surface area contributed by atoms with Crippen molar-refractivity contribution in [3.8, 4) is 16.2 Å². The average molecular weight is 205 g/mol. The molecule has 1 aromatic carbocycles. The second-order valence-corrected chi connectivity index (χ2v) is 3.97. The van der Waals surface area contributed by atoms with Crippen LogP contribution >= 0.6 is 11.3 Å². The maximum atomic E-state index is 9.46. The number of aromatic hydroxyl groups is 1. The van der Waals surface area contributed by atoms with Crippen LogP contribution in [-0.2, 0) is 6.54 Å². The summed E-state index contributed by atoms with van der Waals surface area (Å²) in [7, 11) is 0. The predicted octanol–water partition coefficient (Wildman–Crippen LogP) is 2.58. The summed E-state index contributed by atoms with van der Waals surface area (Å²) in [6.07, 6.45) is 0. The second-order valence-electron chi connectivity index (χ2n) is 3.02. The Labute approximate surface area is 86.6 Å². The lowest BCUT2D eigenvalue weighted by atomic mass is 10.1. The average Bonchev–Trinajstić information content (AvgIpc) is 2.71. The second kappa shape index (κ2) is 3.82. The van der Waals surface area contributed by atoms with Crippen LogP contribution in [0.1, 0.15) is 5.56 Å².